The van der Waals surface area contributed by atoms with Gasteiger partial charge in [-0.2, -0.15) is 5.10 Å². The molecule has 1 aromatic carbocycles. The lowest BCUT2D eigenvalue weighted by Gasteiger charge is -2.16. The summed E-state index contributed by atoms with van der Waals surface area (Å²) >= 11 is 0. The van der Waals surface area contributed by atoms with Crippen LogP contribution < -0.4 is 11.1 Å². The molecule has 3 rings (SSSR count). The van der Waals surface area contributed by atoms with Gasteiger partial charge in [-0.25, -0.2) is 4.68 Å². The van der Waals surface area contributed by atoms with E-state index >= 15 is 0 Å². The van der Waals surface area contributed by atoms with E-state index in [1.54, 1.807) is 18.3 Å². The Bertz CT molecular complexity index is 679. The van der Waals surface area contributed by atoms with E-state index in [1.165, 1.54) is 12.8 Å². The summed E-state index contributed by atoms with van der Waals surface area (Å²) in [6, 6.07) is 7.51. The molecule has 1 aromatic heterocycles. The first-order valence-corrected chi connectivity index (χ1v) is 7.27. The maximum atomic E-state index is 12.4. The Balaban J connectivity index is 0.00000176. The summed E-state index contributed by atoms with van der Waals surface area (Å²) < 4.78 is 1.90. The lowest BCUT2D eigenvalue weighted by atomic mass is 10.1. The summed E-state index contributed by atoms with van der Waals surface area (Å²) in [6.07, 6.45) is 4.20. The van der Waals surface area contributed by atoms with Crippen LogP contribution in [0.2, 0.25) is 0 Å². The van der Waals surface area contributed by atoms with Crippen molar-refractivity contribution < 1.29 is 4.79 Å². The smallest absolute Gasteiger partial charge is 0.257 e. The number of aryl methyl sites for hydroxylation is 1. The van der Waals surface area contributed by atoms with E-state index in [0.717, 1.165) is 11.4 Å². The van der Waals surface area contributed by atoms with Crippen LogP contribution in [0, 0.1) is 12.8 Å². The van der Waals surface area contributed by atoms with Gasteiger partial charge in [0.05, 0.1) is 12.2 Å². The summed E-state index contributed by atoms with van der Waals surface area (Å²) in [4.78, 5) is 12.4. The zero-order chi connectivity index (χ0) is 15.0. The predicted molar refractivity (Wildman–Crippen MR) is 90.5 cm³/mol. The third-order valence-electron chi connectivity index (χ3n) is 4.11. The van der Waals surface area contributed by atoms with Crippen LogP contribution in [-0.2, 0) is 0 Å². The number of nitrogens with two attached hydrogens (primary N) is 1. The molecular formula is C16H21ClN4O. The Labute approximate surface area is 136 Å². The van der Waals surface area contributed by atoms with Crippen LogP contribution in [-0.4, -0.2) is 15.7 Å². The van der Waals surface area contributed by atoms with Gasteiger partial charge in [-0.05, 0) is 50.3 Å². The second-order valence-corrected chi connectivity index (χ2v) is 5.77. The van der Waals surface area contributed by atoms with Gasteiger partial charge in [0.15, 0.2) is 0 Å². The molecule has 1 unspecified atom stereocenters. The van der Waals surface area contributed by atoms with E-state index in [9.17, 15) is 4.79 Å². The molecule has 0 saturated heterocycles. The van der Waals surface area contributed by atoms with Crippen molar-refractivity contribution in [3.63, 3.8) is 0 Å². The van der Waals surface area contributed by atoms with Crippen molar-refractivity contribution in [2.45, 2.75) is 32.7 Å². The lowest BCUT2D eigenvalue weighted by Crippen LogP contribution is -2.19. The van der Waals surface area contributed by atoms with Crippen molar-refractivity contribution in [3.05, 3.63) is 41.6 Å². The number of carbonyl (C=O) groups is 1. The predicted octanol–water partition coefficient (Wildman–Crippen LogP) is 3.42. The van der Waals surface area contributed by atoms with E-state index in [4.69, 9.17) is 5.73 Å². The van der Waals surface area contributed by atoms with Gasteiger partial charge in [0.1, 0.15) is 5.82 Å². The molecule has 2 aromatic rings. The van der Waals surface area contributed by atoms with Crippen molar-refractivity contribution in [2.75, 3.05) is 11.1 Å². The molecular weight excluding hydrogens is 300 g/mol. The third kappa shape index (κ3) is 3.25. The van der Waals surface area contributed by atoms with Crippen LogP contribution in [0.25, 0.3) is 0 Å². The van der Waals surface area contributed by atoms with Crippen LogP contribution in [0.4, 0.5) is 11.5 Å². The van der Waals surface area contributed by atoms with Gasteiger partial charge in [0, 0.05) is 17.3 Å². The fourth-order valence-corrected chi connectivity index (χ4v) is 2.58. The number of nitrogen functional groups attached to an aromatic ring is 1. The molecule has 1 aliphatic rings. The average molecular weight is 321 g/mol. The van der Waals surface area contributed by atoms with Crippen LogP contribution in [0.5, 0.6) is 0 Å². The Hall–Kier alpha value is -2.01. The summed E-state index contributed by atoms with van der Waals surface area (Å²) in [7, 11) is 0. The topological polar surface area (TPSA) is 72.9 Å². The number of carbonyl (C=O) groups excluding carboxylic acids is 1. The molecule has 0 aliphatic heterocycles. The first-order chi connectivity index (χ1) is 10.1. The van der Waals surface area contributed by atoms with Gasteiger partial charge in [0.25, 0.3) is 5.91 Å². The SMILES string of the molecule is Cc1ccc(N)cc1C(=O)Nc1ccnn1C(C)C1CC1.Cl. The van der Waals surface area contributed by atoms with E-state index < -0.39 is 0 Å². The number of anilines is 2. The van der Waals surface area contributed by atoms with Crippen molar-refractivity contribution in [2.24, 2.45) is 5.92 Å². The minimum Gasteiger partial charge on any atom is -0.399 e. The molecule has 22 heavy (non-hydrogen) atoms. The number of halogens is 1. The number of hydrogen-bond donors (Lipinski definition) is 2. The fraction of sp³-hybridized carbons (Fsp3) is 0.375. The number of amides is 1. The minimum absolute atomic E-state index is 0. The average Bonchev–Trinajstić information content (AvgIpc) is 3.21. The van der Waals surface area contributed by atoms with Crippen molar-refractivity contribution in [3.8, 4) is 0 Å². The zero-order valence-corrected chi connectivity index (χ0v) is 13.6. The van der Waals surface area contributed by atoms with E-state index in [0.29, 0.717) is 23.2 Å². The minimum atomic E-state index is -0.149. The molecule has 6 heteroatoms. The van der Waals surface area contributed by atoms with Crippen LogP contribution >= 0.6 is 12.4 Å². The van der Waals surface area contributed by atoms with Crippen molar-refractivity contribution in [1.29, 1.82) is 0 Å². The van der Waals surface area contributed by atoms with Gasteiger partial charge >= 0.3 is 0 Å². The molecule has 1 amide bonds. The third-order valence-corrected chi connectivity index (χ3v) is 4.11. The lowest BCUT2D eigenvalue weighted by molar-refractivity contribution is 0.102. The second-order valence-electron chi connectivity index (χ2n) is 5.77. The van der Waals surface area contributed by atoms with Crippen LogP contribution in [0.1, 0.15) is 41.7 Å². The molecule has 0 spiro atoms. The number of benzene rings is 1. The molecule has 3 N–H and O–H groups in total. The number of nitrogens with zero attached hydrogens (tertiary/aromatic N) is 2. The quantitative estimate of drug-likeness (QED) is 0.848. The molecule has 0 radical (unpaired) electrons. The van der Waals surface area contributed by atoms with Gasteiger partial charge in [-0.3, -0.25) is 4.79 Å². The molecule has 0 bridgehead atoms. The van der Waals surface area contributed by atoms with Crippen LogP contribution in [0.15, 0.2) is 30.5 Å². The summed E-state index contributed by atoms with van der Waals surface area (Å²) in [5.41, 5.74) is 7.86. The first kappa shape index (κ1) is 16.4. The highest BCUT2D eigenvalue weighted by Gasteiger charge is 2.30. The maximum Gasteiger partial charge on any atom is 0.257 e. The molecule has 1 atom stereocenters. The number of nitrogens with one attached hydrogen (secondary N) is 1. The van der Waals surface area contributed by atoms with Crippen molar-refractivity contribution in [1.82, 2.24) is 9.78 Å². The largest absolute Gasteiger partial charge is 0.399 e. The van der Waals surface area contributed by atoms with Gasteiger partial charge in [-0.1, -0.05) is 6.07 Å². The number of hydrogen-bond acceptors (Lipinski definition) is 3. The Morgan fingerprint density at radius 2 is 2.14 bits per heavy atom. The molecule has 1 heterocycles. The van der Waals surface area contributed by atoms with E-state index in [2.05, 4.69) is 17.3 Å². The zero-order valence-electron chi connectivity index (χ0n) is 12.7. The molecule has 1 saturated carbocycles. The number of aromatic nitrogens is 2. The van der Waals surface area contributed by atoms with Gasteiger partial charge in [-0.15, -0.1) is 12.4 Å². The Morgan fingerprint density at radius 3 is 2.82 bits per heavy atom. The summed E-state index contributed by atoms with van der Waals surface area (Å²) in [6.45, 7) is 4.05. The summed E-state index contributed by atoms with van der Waals surface area (Å²) in [5, 5.41) is 7.29. The standard InChI is InChI=1S/C16H20N4O.ClH/c1-10-3-6-13(17)9-14(10)16(21)19-15-7-8-18-20(15)11(2)12-4-5-12;/h3,6-9,11-12H,4-5,17H2,1-2H3,(H,19,21);1H. The molecule has 5 nitrogen and oxygen atoms in total. The normalized spacial score (nSPS) is 15.0. The van der Waals surface area contributed by atoms with Crippen molar-refractivity contribution >= 4 is 29.8 Å². The molecule has 118 valence electrons. The second kappa shape index (κ2) is 6.40. The van der Waals surface area contributed by atoms with Gasteiger partial charge < -0.3 is 11.1 Å². The van der Waals surface area contributed by atoms with Crippen LogP contribution in [0.3, 0.4) is 0 Å². The summed E-state index contributed by atoms with van der Waals surface area (Å²) in [5.74, 6) is 1.26. The molecule has 1 aliphatic carbocycles. The monoisotopic (exact) mass is 320 g/mol. The number of rotatable bonds is 4. The highest BCUT2D eigenvalue weighted by molar-refractivity contribution is 6.05. The van der Waals surface area contributed by atoms with Gasteiger partial charge in [0.2, 0.25) is 0 Å². The first-order valence-electron chi connectivity index (χ1n) is 7.27. The highest BCUT2D eigenvalue weighted by Crippen LogP contribution is 2.40. The van der Waals surface area contributed by atoms with E-state index in [1.807, 2.05) is 23.7 Å². The maximum absolute atomic E-state index is 12.4. The molecule has 1 fully saturated rings. The van der Waals surface area contributed by atoms with E-state index in [-0.39, 0.29) is 18.3 Å². The Kier molecular flexibility index (Phi) is 4.76. The Morgan fingerprint density at radius 1 is 1.41 bits per heavy atom. The highest BCUT2D eigenvalue weighted by atomic mass is 35.5. The fourth-order valence-electron chi connectivity index (χ4n) is 2.58.